The number of aryl methyl sites for hydroxylation is 1. The van der Waals surface area contributed by atoms with Crippen molar-refractivity contribution >= 4 is 11.8 Å². The Hall–Kier alpha value is -2.00. The maximum absolute atomic E-state index is 9.62. The molecule has 1 aliphatic heterocycles. The number of aliphatic hydroxyl groups excluding tert-OH is 1. The second kappa shape index (κ2) is 11.9. The molecule has 1 saturated heterocycles. The minimum absolute atomic E-state index is 0.179. The van der Waals surface area contributed by atoms with Crippen LogP contribution >= 0.6 is 11.8 Å². The third kappa shape index (κ3) is 7.40. The second-order valence-corrected chi connectivity index (χ2v) is 8.51. The Labute approximate surface area is 179 Å². The summed E-state index contributed by atoms with van der Waals surface area (Å²) in [5.74, 6) is 1.64. The van der Waals surface area contributed by atoms with Crippen LogP contribution in [-0.2, 0) is 6.42 Å². The SMILES string of the molecule is COc1ccc(SC)cc1.Cc1cc(C#N)cc(CC(CO)N2CCC(C)C2)c1. The summed E-state index contributed by atoms with van der Waals surface area (Å²) in [6.45, 7) is 6.60. The molecule has 156 valence electrons. The van der Waals surface area contributed by atoms with E-state index >= 15 is 0 Å². The number of nitrogens with zero attached hydrogens (tertiary/aromatic N) is 2. The third-order valence-corrected chi connectivity index (χ3v) is 5.96. The second-order valence-electron chi connectivity index (χ2n) is 7.63. The van der Waals surface area contributed by atoms with Crippen LogP contribution in [-0.4, -0.2) is 49.1 Å². The molecule has 2 aromatic carbocycles. The molecule has 0 aromatic heterocycles. The van der Waals surface area contributed by atoms with Gasteiger partial charge in [-0.1, -0.05) is 13.0 Å². The Morgan fingerprint density at radius 1 is 1.28 bits per heavy atom. The summed E-state index contributed by atoms with van der Waals surface area (Å²) >= 11 is 1.73. The summed E-state index contributed by atoms with van der Waals surface area (Å²) in [4.78, 5) is 3.64. The van der Waals surface area contributed by atoms with Gasteiger partial charge in [-0.05, 0) is 86.0 Å². The summed E-state index contributed by atoms with van der Waals surface area (Å²) in [6.07, 6.45) is 4.09. The minimum Gasteiger partial charge on any atom is -0.497 e. The van der Waals surface area contributed by atoms with Crippen molar-refractivity contribution < 1.29 is 9.84 Å². The van der Waals surface area contributed by atoms with Gasteiger partial charge in [-0.3, -0.25) is 4.90 Å². The molecule has 0 spiro atoms. The number of hydrogen-bond donors (Lipinski definition) is 1. The first kappa shape index (κ1) is 23.3. The topological polar surface area (TPSA) is 56.5 Å². The van der Waals surface area contributed by atoms with Crippen molar-refractivity contribution in [2.45, 2.75) is 37.6 Å². The lowest BCUT2D eigenvalue weighted by atomic mass is 10.0. The van der Waals surface area contributed by atoms with Gasteiger partial charge in [0.1, 0.15) is 5.75 Å². The number of aliphatic hydroxyl groups is 1. The first-order chi connectivity index (χ1) is 14.0. The molecule has 0 aliphatic carbocycles. The minimum atomic E-state index is 0.179. The normalized spacial score (nSPS) is 17.2. The molecule has 0 amide bonds. The van der Waals surface area contributed by atoms with E-state index in [4.69, 9.17) is 10.00 Å². The Kier molecular flexibility index (Phi) is 9.53. The van der Waals surface area contributed by atoms with Crippen molar-refractivity contribution in [3.05, 3.63) is 59.2 Å². The van der Waals surface area contributed by atoms with Crippen LogP contribution in [0.5, 0.6) is 5.75 Å². The fourth-order valence-electron chi connectivity index (χ4n) is 3.64. The number of nitriles is 1. The van der Waals surface area contributed by atoms with E-state index in [1.165, 1.54) is 11.3 Å². The van der Waals surface area contributed by atoms with Crippen LogP contribution in [0.25, 0.3) is 0 Å². The van der Waals surface area contributed by atoms with Crippen LogP contribution in [0.1, 0.15) is 30.0 Å². The van der Waals surface area contributed by atoms with E-state index in [1.54, 1.807) is 18.9 Å². The van der Waals surface area contributed by atoms with Gasteiger partial charge in [-0.25, -0.2) is 0 Å². The van der Waals surface area contributed by atoms with Crippen molar-refractivity contribution in [3.63, 3.8) is 0 Å². The highest BCUT2D eigenvalue weighted by molar-refractivity contribution is 7.98. The Bertz CT molecular complexity index is 779. The molecule has 1 heterocycles. The van der Waals surface area contributed by atoms with Crippen molar-refractivity contribution in [3.8, 4) is 11.8 Å². The molecule has 2 aromatic rings. The molecule has 5 heteroatoms. The zero-order valence-corrected chi connectivity index (χ0v) is 18.7. The van der Waals surface area contributed by atoms with Gasteiger partial charge in [-0.15, -0.1) is 11.8 Å². The van der Waals surface area contributed by atoms with E-state index in [0.29, 0.717) is 5.56 Å². The maximum Gasteiger partial charge on any atom is 0.118 e. The molecule has 0 radical (unpaired) electrons. The highest BCUT2D eigenvalue weighted by Crippen LogP contribution is 2.21. The van der Waals surface area contributed by atoms with Gasteiger partial charge >= 0.3 is 0 Å². The van der Waals surface area contributed by atoms with Crippen LogP contribution in [0.4, 0.5) is 0 Å². The van der Waals surface area contributed by atoms with Crippen LogP contribution in [0.3, 0.4) is 0 Å². The summed E-state index contributed by atoms with van der Waals surface area (Å²) in [7, 11) is 1.67. The Morgan fingerprint density at radius 2 is 2.00 bits per heavy atom. The lowest BCUT2D eigenvalue weighted by Gasteiger charge is -2.26. The number of ether oxygens (including phenoxy) is 1. The van der Waals surface area contributed by atoms with Crippen molar-refractivity contribution in [1.82, 2.24) is 4.90 Å². The van der Waals surface area contributed by atoms with Crippen LogP contribution in [0.15, 0.2) is 47.4 Å². The molecule has 29 heavy (non-hydrogen) atoms. The highest BCUT2D eigenvalue weighted by Gasteiger charge is 2.25. The quantitative estimate of drug-likeness (QED) is 0.707. The molecular weight excluding hydrogens is 380 g/mol. The summed E-state index contributed by atoms with van der Waals surface area (Å²) in [6, 6.07) is 16.3. The monoisotopic (exact) mass is 412 g/mol. The highest BCUT2D eigenvalue weighted by atomic mass is 32.2. The van der Waals surface area contributed by atoms with E-state index in [1.807, 2.05) is 43.3 Å². The number of methoxy groups -OCH3 is 1. The van der Waals surface area contributed by atoms with Gasteiger partial charge in [-0.2, -0.15) is 5.26 Å². The maximum atomic E-state index is 9.62. The number of thioether (sulfide) groups is 1. The fourth-order valence-corrected chi connectivity index (χ4v) is 4.05. The largest absolute Gasteiger partial charge is 0.497 e. The predicted octanol–water partition coefficient (Wildman–Crippen LogP) is 4.53. The molecule has 0 bridgehead atoms. The number of benzene rings is 2. The first-order valence-corrected chi connectivity index (χ1v) is 11.2. The predicted molar refractivity (Wildman–Crippen MR) is 121 cm³/mol. The molecule has 1 N–H and O–H groups in total. The van der Waals surface area contributed by atoms with Gasteiger partial charge in [0.25, 0.3) is 0 Å². The van der Waals surface area contributed by atoms with Gasteiger partial charge in [0.2, 0.25) is 0 Å². The number of hydrogen-bond acceptors (Lipinski definition) is 5. The van der Waals surface area contributed by atoms with E-state index in [2.05, 4.69) is 30.2 Å². The van der Waals surface area contributed by atoms with Crippen molar-refractivity contribution in [2.24, 2.45) is 5.92 Å². The van der Waals surface area contributed by atoms with E-state index in [-0.39, 0.29) is 12.6 Å². The van der Waals surface area contributed by atoms with E-state index in [0.717, 1.165) is 42.3 Å². The number of likely N-dealkylation sites (tertiary alicyclic amines) is 1. The van der Waals surface area contributed by atoms with Crippen LogP contribution in [0.2, 0.25) is 0 Å². The van der Waals surface area contributed by atoms with Crippen LogP contribution in [0, 0.1) is 24.2 Å². The zero-order valence-electron chi connectivity index (χ0n) is 17.9. The van der Waals surface area contributed by atoms with Crippen molar-refractivity contribution in [1.29, 1.82) is 5.26 Å². The Morgan fingerprint density at radius 3 is 2.52 bits per heavy atom. The lowest BCUT2D eigenvalue weighted by Crippen LogP contribution is -2.37. The molecular formula is C24H32N2O2S. The summed E-state index contributed by atoms with van der Waals surface area (Å²) < 4.78 is 5.00. The molecule has 0 saturated carbocycles. The molecule has 2 unspecified atom stereocenters. The van der Waals surface area contributed by atoms with Gasteiger partial charge in [0, 0.05) is 17.5 Å². The smallest absolute Gasteiger partial charge is 0.118 e. The van der Waals surface area contributed by atoms with Crippen LogP contribution < -0.4 is 4.74 Å². The molecule has 1 fully saturated rings. The average molecular weight is 413 g/mol. The number of rotatable bonds is 6. The summed E-state index contributed by atoms with van der Waals surface area (Å²) in [5.41, 5.74) is 2.97. The molecule has 4 nitrogen and oxygen atoms in total. The molecule has 3 rings (SSSR count). The molecule has 2 atom stereocenters. The fraction of sp³-hybridized carbons (Fsp3) is 0.458. The van der Waals surface area contributed by atoms with Crippen molar-refractivity contribution in [2.75, 3.05) is 33.1 Å². The Balaban J connectivity index is 0.000000253. The lowest BCUT2D eigenvalue weighted by molar-refractivity contribution is 0.142. The average Bonchev–Trinajstić information content (AvgIpc) is 3.18. The molecule has 1 aliphatic rings. The zero-order chi connectivity index (χ0) is 21.2. The standard InChI is InChI=1S/C16H22N2O.C8H10OS/c1-12-3-4-18(10-12)16(11-19)8-14-5-13(2)6-15(7-14)9-17;1-9-7-3-5-8(10-2)6-4-7/h5-7,12,16,19H,3-4,8,10-11H2,1-2H3;3-6H,1-2H3. The third-order valence-electron chi connectivity index (χ3n) is 5.22. The van der Waals surface area contributed by atoms with Gasteiger partial charge in [0.05, 0.1) is 25.3 Å². The van der Waals surface area contributed by atoms with Gasteiger partial charge in [0.15, 0.2) is 0 Å². The van der Waals surface area contributed by atoms with Gasteiger partial charge < -0.3 is 9.84 Å². The van der Waals surface area contributed by atoms with E-state index in [9.17, 15) is 5.11 Å². The first-order valence-electron chi connectivity index (χ1n) is 10.0. The van der Waals surface area contributed by atoms with E-state index < -0.39 is 0 Å². The summed E-state index contributed by atoms with van der Waals surface area (Å²) in [5, 5.41) is 18.6.